The van der Waals surface area contributed by atoms with Crippen LogP contribution in [-0.2, 0) is 0 Å². The molecule has 0 fully saturated rings. The molecule has 0 radical (unpaired) electrons. The first-order valence-electron chi connectivity index (χ1n) is 28.3. The summed E-state index contributed by atoms with van der Waals surface area (Å²) in [5.41, 5.74) is 24.0. The standard InChI is InChI=1S/C80H52N2/c1-4-20-54(21-5-1)63-26-10-12-28-65(63)59-41-48-77-73(51-59)74-52-60(66-29-13-11-27-64(66)55-22-6-2-7-23-55)42-49-78(74)82(77)61-43-36-53(37-44-61)58-40-47-76-72(50-58)67-30-18-19-35-75(67)81(76)62-45-38-57(39-46-62)80-70-33-16-14-31-68(70)79(56-24-8-3-9-25-56)69-32-15-17-34-71(69)80/h1-52H. The van der Waals surface area contributed by atoms with Gasteiger partial charge in [-0.1, -0.05) is 249 Å². The Balaban J connectivity index is 0.786. The van der Waals surface area contributed by atoms with Crippen molar-refractivity contribution in [2.75, 3.05) is 0 Å². The van der Waals surface area contributed by atoms with Gasteiger partial charge in [-0.05, 0) is 166 Å². The molecule has 0 saturated heterocycles. The first kappa shape index (κ1) is 47.2. The molecule has 0 atom stereocenters. The lowest BCUT2D eigenvalue weighted by Crippen LogP contribution is -1.95. The lowest BCUT2D eigenvalue weighted by Gasteiger charge is -2.18. The molecule has 16 rings (SSSR count). The summed E-state index contributed by atoms with van der Waals surface area (Å²) < 4.78 is 4.87. The molecule has 0 spiro atoms. The summed E-state index contributed by atoms with van der Waals surface area (Å²) in [6.45, 7) is 0. The highest BCUT2D eigenvalue weighted by Gasteiger charge is 2.21. The van der Waals surface area contributed by atoms with Gasteiger partial charge in [0.1, 0.15) is 0 Å². The van der Waals surface area contributed by atoms with E-state index in [1.807, 2.05) is 0 Å². The Morgan fingerprint density at radius 2 is 0.439 bits per heavy atom. The van der Waals surface area contributed by atoms with E-state index in [2.05, 4.69) is 325 Å². The van der Waals surface area contributed by atoms with Gasteiger partial charge in [-0.2, -0.15) is 0 Å². The van der Waals surface area contributed by atoms with Crippen LogP contribution in [-0.4, -0.2) is 9.13 Å². The molecule has 14 aromatic carbocycles. The summed E-state index contributed by atoms with van der Waals surface area (Å²) in [7, 11) is 0. The van der Waals surface area contributed by atoms with E-state index in [4.69, 9.17) is 0 Å². The van der Waals surface area contributed by atoms with Gasteiger partial charge in [0.05, 0.1) is 22.1 Å². The molecule has 0 N–H and O–H groups in total. The second kappa shape index (κ2) is 19.5. The Morgan fingerprint density at radius 1 is 0.159 bits per heavy atom. The van der Waals surface area contributed by atoms with Gasteiger partial charge in [-0.15, -0.1) is 0 Å². The maximum absolute atomic E-state index is 2.45. The van der Waals surface area contributed by atoms with Gasteiger partial charge in [-0.25, -0.2) is 0 Å². The molecule has 0 aliphatic heterocycles. The van der Waals surface area contributed by atoms with Crippen LogP contribution in [0.4, 0.5) is 0 Å². The van der Waals surface area contributed by atoms with E-state index in [0.29, 0.717) is 0 Å². The fourth-order valence-corrected chi connectivity index (χ4v) is 13.2. The summed E-state index contributed by atoms with van der Waals surface area (Å²) in [5.74, 6) is 0. The maximum atomic E-state index is 2.45. The zero-order chi connectivity index (χ0) is 54.1. The number of fused-ring (bicyclic) bond motifs is 8. The molecule has 2 heterocycles. The summed E-state index contributed by atoms with van der Waals surface area (Å²) >= 11 is 0. The number of nitrogens with zero attached hydrogens (tertiary/aromatic N) is 2. The van der Waals surface area contributed by atoms with E-state index >= 15 is 0 Å². The highest BCUT2D eigenvalue weighted by molar-refractivity contribution is 6.21. The van der Waals surface area contributed by atoms with Crippen molar-refractivity contribution in [2.24, 2.45) is 0 Å². The maximum Gasteiger partial charge on any atom is 0.0541 e. The number of benzene rings is 14. The first-order valence-corrected chi connectivity index (χ1v) is 28.3. The molecule has 16 aromatic rings. The van der Waals surface area contributed by atoms with Crippen molar-refractivity contribution in [3.05, 3.63) is 315 Å². The third-order valence-corrected chi connectivity index (χ3v) is 17.0. The van der Waals surface area contributed by atoms with Crippen LogP contribution >= 0.6 is 0 Å². The van der Waals surface area contributed by atoms with Gasteiger partial charge in [0, 0.05) is 32.9 Å². The zero-order valence-corrected chi connectivity index (χ0v) is 44.9. The zero-order valence-electron chi connectivity index (χ0n) is 44.9. The van der Waals surface area contributed by atoms with Gasteiger partial charge in [-0.3, -0.25) is 0 Å². The number of aromatic nitrogens is 2. The van der Waals surface area contributed by atoms with E-state index < -0.39 is 0 Å². The molecule has 0 aliphatic rings. The third-order valence-electron chi connectivity index (χ3n) is 17.0. The molecule has 0 aliphatic carbocycles. The average molecular weight is 1040 g/mol. The van der Waals surface area contributed by atoms with Crippen molar-refractivity contribution in [1.29, 1.82) is 0 Å². The van der Waals surface area contributed by atoms with Crippen LogP contribution < -0.4 is 0 Å². The molecule has 2 nitrogen and oxygen atoms in total. The van der Waals surface area contributed by atoms with Crippen molar-refractivity contribution >= 4 is 65.2 Å². The lowest BCUT2D eigenvalue weighted by molar-refractivity contribution is 1.18. The van der Waals surface area contributed by atoms with Crippen LogP contribution in [0, 0.1) is 0 Å². The van der Waals surface area contributed by atoms with Gasteiger partial charge < -0.3 is 9.13 Å². The Labute approximate surface area is 476 Å². The van der Waals surface area contributed by atoms with Crippen LogP contribution in [0.25, 0.3) is 154 Å². The minimum Gasteiger partial charge on any atom is -0.309 e. The predicted molar refractivity (Wildman–Crippen MR) is 348 cm³/mol. The normalized spacial score (nSPS) is 11.7. The van der Waals surface area contributed by atoms with Crippen molar-refractivity contribution in [3.8, 4) is 89.3 Å². The third kappa shape index (κ3) is 7.80. The Morgan fingerprint density at radius 3 is 0.878 bits per heavy atom. The molecular formula is C80H52N2. The van der Waals surface area contributed by atoms with Crippen LogP contribution in [0.15, 0.2) is 315 Å². The SMILES string of the molecule is c1ccc(-c2ccccc2-c2ccc3c(c2)c2cc(-c4ccccc4-c4ccccc4)ccc2n3-c2ccc(-c3ccc4c(c3)c3ccccc3n4-c3ccc(-c4c5ccccc5c(-c5ccccc5)c5ccccc45)cc3)cc2)cc1. The van der Waals surface area contributed by atoms with Crippen molar-refractivity contribution in [1.82, 2.24) is 9.13 Å². The summed E-state index contributed by atoms with van der Waals surface area (Å²) in [5, 5.41) is 9.93. The van der Waals surface area contributed by atoms with E-state index in [-0.39, 0.29) is 0 Å². The molecule has 82 heavy (non-hydrogen) atoms. The molecule has 382 valence electrons. The molecule has 0 amide bonds. The van der Waals surface area contributed by atoms with Crippen LogP contribution in [0.2, 0.25) is 0 Å². The molecule has 0 unspecified atom stereocenters. The van der Waals surface area contributed by atoms with Gasteiger partial charge in [0.2, 0.25) is 0 Å². The fraction of sp³-hybridized carbons (Fsp3) is 0. The number of para-hydroxylation sites is 1. The predicted octanol–water partition coefficient (Wildman–Crippen LogP) is 21.9. The van der Waals surface area contributed by atoms with Crippen molar-refractivity contribution in [3.63, 3.8) is 0 Å². The van der Waals surface area contributed by atoms with Crippen LogP contribution in [0.5, 0.6) is 0 Å². The quantitative estimate of drug-likeness (QED) is 0.128. The van der Waals surface area contributed by atoms with E-state index in [1.165, 1.54) is 143 Å². The highest BCUT2D eigenvalue weighted by Crippen LogP contribution is 2.46. The average Bonchev–Trinajstić information content (AvgIpc) is 3.86. The second-order valence-electron chi connectivity index (χ2n) is 21.5. The fourth-order valence-electron chi connectivity index (χ4n) is 13.2. The molecular weight excluding hydrogens is 989 g/mol. The summed E-state index contributed by atoms with van der Waals surface area (Å²) in [6.07, 6.45) is 0. The Hall–Kier alpha value is -10.8. The molecule has 2 aromatic heterocycles. The van der Waals surface area contributed by atoms with E-state index in [9.17, 15) is 0 Å². The summed E-state index contributed by atoms with van der Waals surface area (Å²) in [6, 6.07) is 116. The lowest BCUT2D eigenvalue weighted by atomic mass is 9.86. The van der Waals surface area contributed by atoms with Gasteiger partial charge in [0.15, 0.2) is 0 Å². The molecule has 2 heteroatoms. The van der Waals surface area contributed by atoms with Gasteiger partial charge in [0.25, 0.3) is 0 Å². The molecule has 0 saturated carbocycles. The number of hydrogen-bond acceptors (Lipinski definition) is 0. The highest BCUT2D eigenvalue weighted by atomic mass is 15.0. The molecule has 0 bridgehead atoms. The first-order chi connectivity index (χ1) is 40.7. The smallest absolute Gasteiger partial charge is 0.0541 e. The Kier molecular flexibility index (Phi) is 11.2. The summed E-state index contributed by atoms with van der Waals surface area (Å²) in [4.78, 5) is 0. The van der Waals surface area contributed by atoms with Crippen LogP contribution in [0.1, 0.15) is 0 Å². The monoisotopic (exact) mass is 1040 g/mol. The Bertz CT molecular complexity index is 4910. The number of rotatable bonds is 9. The van der Waals surface area contributed by atoms with Crippen LogP contribution in [0.3, 0.4) is 0 Å². The van der Waals surface area contributed by atoms with Crippen molar-refractivity contribution < 1.29 is 0 Å². The second-order valence-corrected chi connectivity index (χ2v) is 21.5. The van der Waals surface area contributed by atoms with Gasteiger partial charge >= 0.3 is 0 Å². The minimum atomic E-state index is 1.12. The number of hydrogen-bond donors (Lipinski definition) is 0. The largest absolute Gasteiger partial charge is 0.309 e. The topological polar surface area (TPSA) is 9.86 Å². The minimum absolute atomic E-state index is 1.12. The van der Waals surface area contributed by atoms with Crippen molar-refractivity contribution in [2.45, 2.75) is 0 Å². The van der Waals surface area contributed by atoms with E-state index in [0.717, 1.165) is 11.4 Å². The van der Waals surface area contributed by atoms with E-state index in [1.54, 1.807) is 0 Å².